The van der Waals surface area contributed by atoms with Gasteiger partial charge in [-0.05, 0) is 146 Å². The van der Waals surface area contributed by atoms with Crippen molar-refractivity contribution in [3.05, 3.63) is 42.0 Å². The van der Waals surface area contributed by atoms with Crippen molar-refractivity contribution in [1.29, 1.82) is 0 Å². The van der Waals surface area contributed by atoms with Crippen LogP contribution in [-0.4, -0.2) is 24.3 Å². The lowest BCUT2D eigenvalue weighted by Gasteiger charge is -2.73. The largest absolute Gasteiger partial charge is 0.504 e. The number of hydrogen-bond donors (Lipinski definition) is 1. The Bertz CT molecular complexity index is 1340. The van der Waals surface area contributed by atoms with Crippen LogP contribution in [0.25, 0.3) is 6.08 Å². The highest BCUT2D eigenvalue weighted by Gasteiger charge is 2.70. The maximum absolute atomic E-state index is 13.1. The molecule has 44 heavy (non-hydrogen) atoms. The molecule has 4 nitrogen and oxygen atoms in total. The number of carbonyl (C=O) groups is 1. The first-order valence-corrected chi connectivity index (χ1v) is 17.5. The zero-order valence-electron chi connectivity index (χ0n) is 28.8. The number of phenolic OH excluding ortho intramolecular Hbond substituents is 1. The highest BCUT2D eigenvalue weighted by atomic mass is 16.5. The number of aromatic hydroxyl groups is 1. The summed E-state index contributed by atoms with van der Waals surface area (Å²) < 4.78 is 11.4. The predicted molar refractivity (Wildman–Crippen MR) is 178 cm³/mol. The summed E-state index contributed by atoms with van der Waals surface area (Å²) in [6, 6.07) is 5.13. The van der Waals surface area contributed by atoms with Gasteiger partial charge in [-0.3, -0.25) is 0 Å². The molecule has 242 valence electrons. The van der Waals surface area contributed by atoms with Gasteiger partial charge in [0.25, 0.3) is 0 Å². The van der Waals surface area contributed by atoms with Gasteiger partial charge in [0.1, 0.15) is 6.10 Å². The third kappa shape index (κ3) is 4.54. The Hall–Kier alpha value is -2.23. The van der Waals surface area contributed by atoms with Crippen LogP contribution in [-0.2, 0) is 9.53 Å². The maximum atomic E-state index is 13.1. The number of hydrogen-bond acceptors (Lipinski definition) is 4. The zero-order chi connectivity index (χ0) is 31.9. The summed E-state index contributed by atoms with van der Waals surface area (Å²) in [5.41, 5.74) is 3.55. The summed E-state index contributed by atoms with van der Waals surface area (Å²) in [6.07, 6.45) is 15.9. The molecule has 10 atom stereocenters. The lowest BCUT2D eigenvalue weighted by atomic mass is 9.32. The molecule has 5 unspecified atom stereocenters. The van der Waals surface area contributed by atoms with E-state index >= 15 is 0 Å². The smallest absolute Gasteiger partial charge is 0.331 e. The lowest BCUT2D eigenvalue weighted by Crippen LogP contribution is -2.66. The molecular weight excluding hydrogens is 544 g/mol. The van der Waals surface area contributed by atoms with E-state index in [1.165, 1.54) is 70.1 Å². The fourth-order valence-electron chi connectivity index (χ4n) is 12.8. The summed E-state index contributed by atoms with van der Waals surface area (Å²) in [7, 11) is 1.52. The number of fused-ring (bicyclic) bond motifs is 7. The first-order valence-electron chi connectivity index (χ1n) is 17.5. The van der Waals surface area contributed by atoms with Crippen molar-refractivity contribution >= 4 is 12.0 Å². The molecule has 5 aliphatic carbocycles. The van der Waals surface area contributed by atoms with E-state index in [1.807, 2.05) is 6.07 Å². The molecule has 0 bridgehead atoms. The van der Waals surface area contributed by atoms with Gasteiger partial charge in [-0.15, -0.1) is 0 Å². The molecule has 1 N–H and O–H groups in total. The second-order valence-corrected chi connectivity index (χ2v) is 17.4. The van der Waals surface area contributed by atoms with Crippen LogP contribution in [0.2, 0.25) is 0 Å². The van der Waals surface area contributed by atoms with Crippen molar-refractivity contribution in [2.45, 2.75) is 119 Å². The number of ether oxygens (including phenoxy) is 2. The van der Waals surface area contributed by atoms with Crippen LogP contribution >= 0.6 is 0 Å². The summed E-state index contributed by atoms with van der Waals surface area (Å²) in [4.78, 5) is 13.1. The number of phenols is 1. The molecule has 0 amide bonds. The van der Waals surface area contributed by atoms with E-state index in [1.54, 1.807) is 18.2 Å². The molecule has 6 rings (SSSR count). The maximum Gasteiger partial charge on any atom is 0.331 e. The van der Waals surface area contributed by atoms with Gasteiger partial charge in [0.2, 0.25) is 0 Å². The Morgan fingerprint density at radius 2 is 1.66 bits per heavy atom. The Kier molecular flexibility index (Phi) is 7.69. The highest BCUT2D eigenvalue weighted by Crippen LogP contribution is 2.77. The number of allylic oxidation sites excluding steroid dienone is 1. The second kappa shape index (κ2) is 10.7. The molecule has 0 heterocycles. The minimum absolute atomic E-state index is 0.0593. The van der Waals surface area contributed by atoms with E-state index in [2.05, 4.69) is 55.0 Å². The summed E-state index contributed by atoms with van der Waals surface area (Å²) in [5.74, 6) is 3.71. The Balaban J connectivity index is 1.21. The second-order valence-electron chi connectivity index (χ2n) is 17.4. The standard InChI is InChI=1S/C40H58O4/c1-25(2)27-16-19-37(5)22-23-39(7)28(35(27)37)12-14-32-38(6)20-18-33(36(3,4)31(38)17-21-40(32,39)8)44-34(42)15-11-26-10-13-30(43-9)29(41)24-26/h10-11,13,15,24,27-28,31-33,35,41H,1,12,14,16-23H2,2-9H3/b15-11+/t27-,28?,31?,32?,33?,35?,37+,38-,39+,40+/m0/s1. The molecule has 0 aliphatic heterocycles. The highest BCUT2D eigenvalue weighted by molar-refractivity contribution is 5.87. The van der Waals surface area contributed by atoms with Crippen LogP contribution in [0.1, 0.15) is 118 Å². The van der Waals surface area contributed by atoms with E-state index in [4.69, 9.17) is 9.47 Å². The third-order valence-electron chi connectivity index (χ3n) is 15.3. The van der Waals surface area contributed by atoms with Gasteiger partial charge in [0.05, 0.1) is 7.11 Å². The molecule has 5 fully saturated rings. The van der Waals surface area contributed by atoms with E-state index in [0.29, 0.717) is 39.7 Å². The Labute approximate surface area is 267 Å². The van der Waals surface area contributed by atoms with Crippen molar-refractivity contribution in [3.8, 4) is 11.5 Å². The molecule has 0 saturated heterocycles. The van der Waals surface area contributed by atoms with Crippen LogP contribution in [0.5, 0.6) is 11.5 Å². The zero-order valence-corrected chi connectivity index (χ0v) is 28.8. The minimum Gasteiger partial charge on any atom is -0.504 e. The van der Waals surface area contributed by atoms with Crippen molar-refractivity contribution in [2.24, 2.45) is 56.7 Å². The molecular formula is C40H58O4. The Morgan fingerprint density at radius 1 is 0.909 bits per heavy atom. The van der Waals surface area contributed by atoms with E-state index in [0.717, 1.165) is 30.2 Å². The molecule has 1 aromatic carbocycles. The lowest BCUT2D eigenvalue weighted by molar-refractivity contribution is -0.248. The average Bonchev–Trinajstić information content (AvgIpc) is 3.32. The first-order chi connectivity index (χ1) is 20.6. The summed E-state index contributed by atoms with van der Waals surface area (Å²) in [5, 5.41) is 10.1. The number of rotatable bonds is 5. The third-order valence-corrected chi connectivity index (χ3v) is 15.3. The molecule has 4 heteroatoms. The monoisotopic (exact) mass is 602 g/mol. The van der Waals surface area contributed by atoms with Crippen LogP contribution < -0.4 is 4.74 Å². The van der Waals surface area contributed by atoms with Gasteiger partial charge in [-0.25, -0.2) is 4.79 Å². The number of carbonyl (C=O) groups excluding carboxylic acids is 1. The average molecular weight is 603 g/mol. The van der Waals surface area contributed by atoms with E-state index in [-0.39, 0.29) is 28.7 Å². The predicted octanol–water partition coefficient (Wildman–Crippen LogP) is 10.0. The molecule has 0 aromatic heterocycles. The summed E-state index contributed by atoms with van der Waals surface area (Å²) >= 11 is 0. The quantitative estimate of drug-likeness (QED) is 0.207. The van der Waals surface area contributed by atoms with Crippen LogP contribution in [0, 0.1) is 56.7 Å². The molecule has 5 aliphatic rings. The van der Waals surface area contributed by atoms with Gasteiger partial charge >= 0.3 is 5.97 Å². The van der Waals surface area contributed by atoms with Gasteiger partial charge in [0, 0.05) is 11.5 Å². The normalized spacial score (nSPS) is 44.2. The fourth-order valence-corrected chi connectivity index (χ4v) is 12.8. The van der Waals surface area contributed by atoms with Gasteiger partial charge in [0.15, 0.2) is 11.5 Å². The number of benzene rings is 1. The van der Waals surface area contributed by atoms with Crippen molar-refractivity contribution in [2.75, 3.05) is 7.11 Å². The van der Waals surface area contributed by atoms with E-state index < -0.39 is 0 Å². The van der Waals surface area contributed by atoms with Crippen LogP contribution in [0.4, 0.5) is 0 Å². The summed E-state index contributed by atoms with van der Waals surface area (Å²) in [6.45, 7) is 22.2. The topological polar surface area (TPSA) is 55.8 Å². The SMILES string of the molecule is C=C(C)[C@@H]1CC[C@]2(C)CC[C@]3(C)C(CCC4[C@@]5(C)CCC(OC(=O)/C=C/c6ccc(OC)c(O)c6)C(C)(C)C5CC[C@]43C)C12. The van der Waals surface area contributed by atoms with E-state index in [9.17, 15) is 9.90 Å². The van der Waals surface area contributed by atoms with Crippen molar-refractivity contribution in [1.82, 2.24) is 0 Å². The van der Waals surface area contributed by atoms with Crippen molar-refractivity contribution < 1.29 is 19.4 Å². The van der Waals surface area contributed by atoms with Gasteiger partial charge < -0.3 is 14.6 Å². The number of esters is 1. The molecule has 5 saturated carbocycles. The van der Waals surface area contributed by atoms with Gasteiger partial charge in [-0.2, -0.15) is 0 Å². The first kappa shape index (κ1) is 31.7. The van der Waals surface area contributed by atoms with Crippen LogP contribution in [0.3, 0.4) is 0 Å². The Morgan fingerprint density at radius 3 is 2.34 bits per heavy atom. The number of methoxy groups -OCH3 is 1. The van der Waals surface area contributed by atoms with Crippen LogP contribution in [0.15, 0.2) is 36.4 Å². The molecule has 0 spiro atoms. The molecule has 1 aromatic rings. The fraction of sp³-hybridized carbons (Fsp3) is 0.725. The van der Waals surface area contributed by atoms with Gasteiger partial charge in [-0.1, -0.05) is 59.8 Å². The molecule has 0 radical (unpaired) electrons. The minimum atomic E-state index is -0.301. The van der Waals surface area contributed by atoms with Crippen molar-refractivity contribution in [3.63, 3.8) is 0 Å².